The van der Waals surface area contributed by atoms with Crippen LogP contribution in [0.2, 0.25) is 10.0 Å². The molecule has 0 aromatic heterocycles. The van der Waals surface area contributed by atoms with Crippen LogP contribution in [0.25, 0.3) is 6.08 Å². The SMILES string of the molecule is COc1cc(Cl)cc(/C=C2/SC(=Nc3ccc(Cl)cc3)N(C)C2=O)c1O. The molecular formula is C18H14Cl2N2O3S. The van der Waals surface area contributed by atoms with E-state index in [1.165, 1.54) is 29.8 Å². The Morgan fingerprint density at radius 2 is 1.88 bits per heavy atom. The van der Waals surface area contributed by atoms with E-state index in [2.05, 4.69) is 4.99 Å². The number of hydrogen-bond donors (Lipinski definition) is 1. The van der Waals surface area contributed by atoms with E-state index in [1.54, 1.807) is 43.5 Å². The number of amidine groups is 1. The molecule has 0 radical (unpaired) electrons. The summed E-state index contributed by atoms with van der Waals surface area (Å²) < 4.78 is 5.09. The van der Waals surface area contributed by atoms with Crippen LogP contribution in [-0.2, 0) is 4.79 Å². The highest BCUT2D eigenvalue weighted by Crippen LogP contribution is 2.38. The quantitative estimate of drug-likeness (QED) is 0.730. The Morgan fingerprint density at radius 1 is 1.19 bits per heavy atom. The normalized spacial score (nSPS) is 17.4. The highest BCUT2D eigenvalue weighted by molar-refractivity contribution is 8.18. The van der Waals surface area contributed by atoms with Crippen LogP contribution in [0.1, 0.15) is 5.56 Å². The Balaban J connectivity index is 1.95. The molecular weight excluding hydrogens is 395 g/mol. The number of phenols is 1. The summed E-state index contributed by atoms with van der Waals surface area (Å²) in [5, 5.41) is 11.8. The zero-order valence-corrected chi connectivity index (χ0v) is 16.2. The van der Waals surface area contributed by atoms with E-state index < -0.39 is 0 Å². The number of benzene rings is 2. The molecule has 0 bridgehead atoms. The standard InChI is InChI=1S/C18H14Cl2N2O3S/c1-22-17(24)15(8-10-7-12(20)9-14(25-2)16(10)23)26-18(22)21-13-5-3-11(19)4-6-13/h3-9,23H,1-2H3/b15-8+,21-18?. The Labute approximate surface area is 164 Å². The molecule has 0 aliphatic carbocycles. The number of phenolic OH excluding ortho intramolecular Hbond substituents is 1. The van der Waals surface area contributed by atoms with Crippen LogP contribution in [-0.4, -0.2) is 35.2 Å². The summed E-state index contributed by atoms with van der Waals surface area (Å²) >= 11 is 13.1. The van der Waals surface area contributed by atoms with E-state index in [-0.39, 0.29) is 17.4 Å². The molecule has 0 saturated carbocycles. The molecule has 3 rings (SSSR count). The predicted octanol–water partition coefficient (Wildman–Crippen LogP) is 4.94. The number of ether oxygens (including phenoxy) is 1. The molecule has 1 aliphatic rings. The molecule has 2 aromatic rings. The third kappa shape index (κ3) is 3.82. The lowest BCUT2D eigenvalue weighted by molar-refractivity contribution is -0.121. The van der Waals surface area contributed by atoms with Gasteiger partial charge in [0.05, 0.1) is 17.7 Å². The average Bonchev–Trinajstić information content (AvgIpc) is 2.87. The van der Waals surface area contributed by atoms with Crippen molar-refractivity contribution in [2.75, 3.05) is 14.2 Å². The highest BCUT2D eigenvalue weighted by atomic mass is 35.5. The predicted molar refractivity (Wildman–Crippen MR) is 107 cm³/mol. The van der Waals surface area contributed by atoms with Gasteiger partial charge in [0.2, 0.25) is 0 Å². The van der Waals surface area contributed by atoms with Crippen molar-refractivity contribution >= 4 is 57.8 Å². The van der Waals surface area contributed by atoms with E-state index >= 15 is 0 Å². The lowest BCUT2D eigenvalue weighted by Gasteiger charge is -2.08. The molecule has 8 heteroatoms. The number of rotatable bonds is 3. The van der Waals surface area contributed by atoms with Crippen LogP contribution in [0, 0.1) is 0 Å². The zero-order valence-electron chi connectivity index (χ0n) is 13.9. The molecule has 1 amide bonds. The van der Waals surface area contributed by atoms with Crippen LogP contribution in [0.5, 0.6) is 11.5 Å². The smallest absolute Gasteiger partial charge is 0.266 e. The van der Waals surface area contributed by atoms with Gasteiger partial charge in [-0.3, -0.25) is 9.69 Å². The second kappa shape index (κ2) is 7.61. The summed E-state index contributed by atoms with van der Waals surface area (Å²) in [6.07, 6.45) is 1.57. The van der Waals surface area contributed by atoms with Crippen molar-refractivity contribution in [3.05, 3.63) is 56.9 Å². The minimum absolute atomic E-state index is 0.0801. The third-order valence-corrected chi connectivity index (χ3v) is 5.16. The van der Waals surface area contributed by atoms with Gasteiger partial charge in [-0.05, 0) is 48.2 Å². The lowest BCUT2D eigenvalue weighted by atomic mass is 10.1. The maximum atomic E-state index is 12.5. The van der Waals surface area contributed by atoms with Gasteiger partial charge in [-0.15, -0.1) is 0 Å². The summed E-state index contributed by atoms with van der Waals surface area (Å²) in [7, 11) is 3.08. The van der Waals surface area contributed by atoms with Gasteiger partial charge in [0.15, 0.2) is 16.7 Å². The first-order chi connectivity index (χ1) is 12.4. The number of methoxy groups -OCH3 is 1. The van der Waals surface area contributed by atoms with Crippen molar-refractivity contribution in [2.45, 2.75) is 0 Å². The maximum absolute atomic E-state index is 12.5. The number of likely N-dealkylation sites (N-methyl/N-ethyl adjacent to an activating group) is 1. The van der Waals surface area contributed by atoms with Crippen molar-refractivity contribution < 1.29 is 14.6 Å². The molecule has 2 aromatic carbocycles. The van der Waals surface area contributed by atoms with Crippen LogP contribution < -0.4 is 4.74 Å². The molecule has 0 spiro atoms. The van der Waals surface area contributed by atoms with Crippen LogP contribution in [0.4, 0.5) is 5.69 Å². The Kier molecular flexibility index (Phi) is 5.46. The zero-order chi connectivity index (χ0) is 18.8. The van der Waals surface area contributed by atoms with Crippen molar-refractivity contribution in [1.29, 1.82) is 0 Å². The summed E-state index contributed by atoms with van der Waals surface area (Å²) in [4.78, 5) is 18.8. The van der Waals surface area contributed by atoms with E-state index in [0.29, 0.717) is 31.4 Å². The molecule has 1 aliphatic heterocycles. The first kappa shape index (κ1) is 18.6. The van der Waals surface area contributed by atoms with Gasteiger partial charge in [-0.2, -0.15) is 0 Å². The van der Waals surface area contributed by atoms with E-state index in [0.717, 1.165) is 0 Å². The Bertz CT molecular complexity index is 927. The minimum Gasteiger partial charge on any atom is -0.504 e. The van der Waals surface area contributed by atoms with Gasteiger partial charge in [0.1, 0.15) is 0 Å². The number of thioether (sulfide) groups is 1. The van der Waals surface area contributed by atoms with Crippen molar-refractivity contribution in [3.63, 3.8) is 0 Å². The van der Waals surface area contributed by atoms with Gasteiger partial charge in [-0.25, -0.2) is 4.99 Å². The monoisotopic (exact) mass is 408 g/mol. The summed E-state index contributed by atoms with van der Waals surface area (Å²) in [5.74, 6) is -0.0622. The highest BCUT2D eigenvalue weighted by Gasteiger charge is 2.30. The summed E-state index contributed by atoms with van der Waals surface area (Å²) in [6, 6.07) is 10.1. The molecule has 134 valence electrons. The summed E-state index contributed by atoms with van der Waals surface area (Å²) in [6.45, 7) is 0. The second-order valence-electron chi connectivity index (χ2n) is 5.39. The van der Waals surface area contributed by atoms with Crippen LogP contribution >= 0.6 is 35.0 Å². The van der Waals surface area contributed by atoms with E-state index in [4.69, 9.17) is 27.9 Å². The molecule has 1 heterocycles. The van der Waals surface area contributed by atoms with E-state index in [9.17, 15) is 9.90 Å². The fraction of sp³-hybridized carbons (Fsp3) is 0.111. The fourth-order valence-corrected chi connectivity index (χ4v) is 3.60. The van der Waals surface area contributed by atoms with Gasteiger partial charge in [0, 0.05) is 28.7 Å². The van der Waals surface area contributed by atoms with Gasteiger partial charge in [0.25, 0.3) is 5.91 Å². The fourth-order valence-electron chi connectivity index (χ4n) is 2.28. The summed E-state index contributed by atoms with van der Waals surface area (Å²) in [5.41, 5.74) is 1.08. The number of nitrogens with zero attached hydrogens (tertiary/aromatic N) is 2. The van der Waals surface area contributed by atoms with Gasteiger partial charge < -0.3 is 9.84 Å². The molecule has 0 unspecified atom stereocenters. The van der Waals surface area contributed by atoms with Crippen LogP contribution in [0.3, 0.4) is 0 Å². The van der Waals surface area contributed by atoms with Crippen molar-refractivity contribution in [1.82, 2.24) is 4.90 Å². The third-order valence-electron chi connectivity index (χ3n) is 3.63. The molecule has 1 N–H and O–H groups in total. The number of hydrogen-bond acceptors (Lipinski definition) is 5. The lowest BCUT2D eigenvalue weighted by Crippen LogP contribution is -2.23. The molecule has 26 heavy (non-hydrogen) atoms. The topological polar surface area (TPSA) is 62.1 Å². The first-order valence-electron chi connectivity index (χ1n) is 7.47. The maximum Gasteiger partial charge on any atom is 0.266 e. The molecule has 5 nitrogen and oxygen atoms in total. The van der Waals surface area contributed by atoms with E-state index in [1.807, 2.05) is 0 Å². The van der Waals surface area contributed by atoms with Crippen LogP contribution in [0.15, 0.2) is 46.3 Å². The number of aliphatic imine (C=N–C) groups is 1. The van der Waals surface area contributed by atoms with Gasteiger partial charge >= 0.3 is 0 Å². The Morgan fingerprint density at radius 3 is 2.54 bits per heavy atom. The Hall–Kier alpha value is -2.15. The van der Waals surface area contributed by atoms with Gasteiger partial charge in [-0.1, -0.05) is 23.2 Å². The number of carbonyl (C=O) groups is 1. The number of aromatic hydroxyl groups is 1. The van der Waals surface area contributed by atoms with Crippen molar-refractivity contribution in [3.8, 4) is 11.5 Å². The minimum atomic E-state index is -0.221. The number of halogens is 2. The molecule has 1 fully saturated rings. The average molecular weight is 409 g/mol. The first-order valence-corrected chi connectivity index (χ1v) is 9.04. The number of amides is 1. The van der Waals surface area contributed by atoms with Crippen molar-refractivity contribution in [2.24, 2.45) is 4.99 Å². The molecule has 1 saturated heterocycles. The largest absolute Gasteiger partial charge is 0.504 e. The number of carbonyl (C=O) groups excluding carboxylic acids is 1. The second-order valence-corrected chi connectivity index (χ2v) is 7.27. The molecule has 0 atom stereocenters.